The number of fused-ring (bicyclic) bond motifs is 1. The molecule has 1 fully saturated rings. The minimum atomic E-state index is -0.654. The van der Waals surface area contributed by atoms with Gasteiger partial charge in [0.25, 0.3) is 5.56 Å². The van der Waals surface area contributed by atoms with Crippen LogP contribution >= 0.6 is 0 Å². The number of aliphatic hydroxyl groups excluding tert-OH is 1. The summed E-state index contributed by atoms with van der Waals surface area (Å²) in [6.07, 6.45) is 3.43. The highest BCUT2D eigenvalue weighted by molar-refractivity contribution is 5.84. The van der Waals surface area contributed by atoms with Crippen LogP contribution in [0, 0.1) is 0 Å². The number of carbonyl (C=O) groups is 1. The second-order valence-corrected chi connectivity index (χ2v) is 11.2. The Labute approximate surface area is 227 Å². The van der Waals surface area contributed by atoms with Crippen molar-refractivity contribution < 1.29 is 14.6 Å². The van der Waals surface area contributed by atoms with Crippen molar-refractivity contribution in [3.63, 3.8) is 0 Å². The number of aromatic nitrogens is 2. The predicted molar refractivity (Wildman–Crippen MR) is 153 cm³/mol. The summed E-state index contributed by atoms with van der Waals surface area (Å²) in [6.45, 7) is 5.27. The molecule has 5 rings (SSSR count). The first-order valence-corrected chi connectivity index (χ1v) is 13.1. The Morgan fingerprint density at radius 3 is 2.59 bits per heavy atom. The molecule has 8 nitrogen and oxygen atoms in total. The SMILES string of the molecule is CN(Cc1cc2cc(C3CC3)ccc2c(=O)n1-c1cccc(-c2ccnc(N)c2)c1CO)C(=O)OC(C)(C)C. The molecule has 2 aromatic heterocycles. The van der Waals surface area contributed by atoms with Crippen LogP contribution in [0.4, 0.5) is 10.6 Å². The van der Waals surface area contributed by atoms with Crippen molar-refractivity contribution in [2.45, 2.75) is 58.3 Å². The van der Waals surface area contributed by atoms with E-state index in [-0.39, 0.29) is 18.7 Å². The monoisotopic (exact) mass is 526 g/mol. The molecule has 39 heavy (non-hydrogen) atoms. The van der Waals surface area contributed by atoms with E-state index in [0.29, 0.717) is 34.1 Å². The van der Waals surface area contributed by atoms with Crippen molar-refractivity contribution in [2.75, 3.05) is 12.8 Å². The fraction of sp³-hybridized carbons (Fsp3) is 0.323. The lowest BCUT2D eigenvalue weighted by Crippen LogP contribution is -2.35. The lowest BCUT2D eigenvalue weighted by Gasteiger charge is -2.26. The zero-order valence-electron chi connectivity index (χ0n) is 22.8. The molecular weight excluding hydrogens is 492 g/mol. The molecule has 2 heterocycles. The normalized spacial score (nSPS) is 13.5. The van der Waals surface area contributed by atoms with Gasteiger partial charge in [0.05, 0.1) is 18.8 Å². The number of ether oxygens (including phenoxy) is 1. The molecule has 202 valence electrons. The number of nitrogens with two attached hydrogens (primary N) is 1. The first-order chi connectivity index (χ1) is 18.6. The standard InChI is InChI=1S/C31H34N4O4/c1-31(2,3)39-30(38)34(4)17-23-15-22-14-20(19-8-9-19)10-11-25(22)29(37)35(23)27-7-5-6-24(26(27)18-36)21-12-13-33-28(32)16-21/h5-7,10-16,19,36H,8-9,17-18H2,1-4H3,(H2,32,33). The second-order valence-electron chi connectivity index (χ2n) is 11.2. The van der Waals surface area contributed by atoms with Crippen molar-refractivity contribution in [3.8, 4) is 16.8 Å². The number of amides is 1. The zero-order chi connectivity index (χ0) is 27.9. The Kier molecular flexibility index (Phi) is 6.91. The average Bonchev–Trinajstić information content (AvgIpc) is 3.73. The molecule has 1 aliphatic rings. The minimum absolute atomic E-state index is 0.130. The number of anilines is 1. The Morgan fingerprint density at radius 2 is 1.92 bits per heavy atom. The van der Waals surface area contributed by atoms with Gasteiger partial charge in [0.1, 0.15) is 11.4 Å². The van der Waals surface area contributed by atoms with Gasteiger partial charge in [-0.1, -0.05) is 24.3 Å². The molecule has 1 aliphatic carbocycles. The number of hydrogen-bond donors (Lipinski definition) is 2. The molecule has 4 aromatic rings. The lowest BCUT2D eigenvalue weighted by atomic mass is 9.98. The van der Waals surface area contributed by atoms with Crippen LogP contribution in [0.5, 0.6) is 0 Å². The van der Waals surface area contributed by atoms with Crippen LogP contribution in [0.25, 0.3) is 27.6 Å². The molecule has 3 N–H and O–H groups in total. The Hall–Kier alpha value is -4.17. The molecule has 0 unspecified atom stereocenters. The number of nitrogens with zero attached hydrogens (tertiary/aromatic N) is 3. The van der Waals surface area contributed by atoms with Crippen LogP contribution in [0.15, 0.2) is 65.6 Å². The molecule has 0 spiro atoms. The highest BCUT2D eigenvalue weighted by Crippen LogP contribution is 2.41. The predicted octanol–water partition coefficient (Wildman–Crippen LogP) is 5.37. The van der Waals surface area contributed by atoms with Crippen LogP contribution < -0.4 is 11.3 Å². The number of carbonyl (C=O) groups excluding carboxylic acids is 1. The van der Waals surface area contributed by atoms with Crippen LogP contribution in [0.1, 0.15) is 56.4 Å². The molecular formula is C31H34N4O4. The molecule has 0 aliphatic heterocycles. The minimum Gasteiger partial charge on any atom is -0.444 e. The molecule has 1 saturated carbocycles. The number of hydrogen-bond acceptors (Lipinski definition) is 6. The summed E-state index contributed by atoms with van der Waals surface area (Å²) in [5.41, 5.74) is 9.52. The summed E-state index contributed by atoms with van der Waals surface area (Å²) >= 11 is 0. The number of aliphatic hydroxyl groups is 1. The van der Waals surface area contributed by atoms with E-state index >= 15 is 0 Å². The average molecular weight is 527 g/mol. The van der Waals surface area contributed by atoms with Gasteiger partial charge in [-0.05, 0) is 91.9 Å². The third-order valence-corrected chi connectivity index (χ3v) is 6.91. The van der Waals surface area contributed by atoms with Gasteiger partial charge in [-0.15, -0.1) is 0 Å². The molecule has 8 heteroatoms. The molecule has 2 aromatic carbocycles. The van der Waals surface area contributed by atoms with E-state index in [2.05, 4.69) is 11.1 Å². The Bertz CT molecular complexity index is 1620. The van der Waals surface area contributed by atoms with Crippen LogP contribution in [0.2, 0.25) is 0 Å². The van der Waals surface area contributed by atoms with E-state index in [0.717, 1.165) is 29.4 Å². The third kappa shape index (κ3) is 5.52. The number of benzene rings is 2. The quantitative estimate of drug-likeness (QED) is 0.349. The van der Waals surface area contributed by atoms with E-state index in [1.165, 1.54) is 10.5 Å². The third-order valence-electron chi connectivity index (χ3n) is 6.91. The maximum absolute atomic E-state index is 14.1. The van der Waals surface area contributed by atoms with Crippen LogP contribution in [-0.4, -0.2) is 38.3 Å². The maximum Gasteiger partial charge on any atom is 0.410 e. The topological polar surface area (TPSA) is 111 Å². The zero-order valence-corrected chi connectivity index (χ0v) is 22.8. The van der Waals surface area contributed by atoms with Crippen LogP contribution in [0.3, 0.4) is 0 Å². The van der Waals surface area contributed by atoms with E-state index in [1.54, 1.807) is 23.9 Å². The highest BCUT2D eigenvalue weighted by Gasteiger charge is 2.25. The summed E-state index contributed by atoms with van der Waals surface area (Å²) in [4.78, 5) is 32.5. The Balaban J connectivity index is 1.70. The van der Waals surface area contributed by atoms with Crippen molar-refractivity contribution >= 4 is 22.7 Å². The van der Waals surface area contributed by atoms with Gasteiger partial charge >= 0.3 is 6.09 Å². The largest absolute Gasteiger partial charge is 0.444 e. The maximum atomic E-state index is 14.1. The van der Waals surface area contributed by atoms with E-state index in [1.807, 2.05) is 63.2 Å². The summed E-state index contributed by atoms with van der Waals surface area (Å²) in [7, 11) is 1.65. The van der Waals surface area contributed by atoms with Crippen molar-refractivity contribution in [1.29, 1.82) is 0 Å². The summed E-state index contributed by atoms with van der Waals surface area (Å²) in [5.74, 6) is 0.894. The summed E-state index contributed by atoms with van der Waals surface area (Å²) in [6, 6.07) is 17.0. The molecule has 0 saturated heterocycles. The van der Waals surface area contributed by atoms with E-state index in [4.69, 9.17) is 10.5 Å². The molecule has 0 bridgehead atoms. The van der Waals surface area contributed by atoms with Gasteiger partial charge in [0, 0.05) is 29.9 Å². The van der Waals surface area contributed by atoms with Gasteiger partial charge in [0.15, 0.2) is 0 Å². The van der Waals surface area contributed by atoms with E-state index < -0.39 is 11.7 Å². The van der Waals surface area contributed by atoms with E-state index in [9.17, 15) is 14.7 Å². The smallest absolute Gasteiger partial charge is 0.410 e. The fourth-order valence-electron chi connectivity index (χ4n) is 4.93. The Morgan fingerprint density at radius 1 is 1.15 bits per heavy atom. The summed E-state index contributed by atoms with van der Waals surface area (Å²) < 4.78 is 7.17. The van der Waals surface area contributed by atoms with Gasteiger partial charge in [-0.25, -0.2) is 9.78 Å². The molecule has 0 atom stereocenters. The van der Waals surface area contributed by atoms with Crippen molar-refractivity contribution in [1.82, 2.24) is 14.5 Å². The van der Waals surface area contributed by atoms with Crippen molar-refractivity contribution in [3.05, 3.63) is 88.0 Å². The second kappa shape index (κ2) is 10.2. The van der Waals surface area contributed by atoms with Crippen molar-refractivity contribution in [2.24, 2.45) is 0 Å². The number of rotatable bonds is 6. The lowest BCUT2D eigenvalue weighted by molar-refractivity contribution is 0.0282. The molecule has 1 amide bonds. The van der Waals surface area contributed by atoms with Gasteiger partial charge in [-0.3, -0.25) is 9.36 Å². The first-order valence-electron chi connectivity index (χ1n) is 13.1. The van der Waals surface area contributed by atoms with Gasteiger partial charge < -0.3 is 20.5 Å². The number of pyridine rings is 2. The number of nitrogen functional groups attached to an aromatic ring is 1. The molecule has 0 radical (unpaired) electrons. The van der Waals surface area contributed by atoms with Crippen LogP contribution in [-0.2, 0) is 17.9 Å². The summed E-state index contributed by atoms with van der Waals surface area (Å²) in [5, 5.41) is 11.9. The first kappa shape index (κ1) is 26.4. The fourth-order valence-corrected chi connectivity index (χ4v) is 4.93. The van der Waals surface area contributed by atoms with Gasteiger partial charge in [0.2, 0.25) is 0 Å². The van der Waals surface area contributed by atoms with Gasteiger partial charge in [-0.2, -0.15) is 0 Å². The highest BCUT2D eigenvalue weighted by atomic mass is 16.6.